The van der Waals surface area contributed by atoms with Gasteiger partial charge in [0.25, 0.3) is 0 Å². The largest absolute Gasteiger partial charge is 0.378 e. The molecule has 3 aromatic heterocycles. The first-order chi connectivity index (χ1) is 21.9. The lowest BCUT2D eigenvalue weighted by Crippen LogP contribution is -2.49. The van der Waals surface area contributed by atoms with Crippen LogP contribution in [-0.4, -0.2) is 99.8 Å². The third kappa shape index (κ3) is 5.37. The van der Waals surface area contributed by atoms with Gasteiger partial charge < -0.3 is 19.4 Å². The number of anilines is 2. The number of benzene rings is 1. The summed E-state index contributed by atoms with van der Waals surface area (Å²) in [6, 6.07) is 8.29. The van der Waals surface area contributed by atoms with Gasteiger partial charge in [0, 0.05) is 37.9 Å². The highest BCUT2D eigenvalue weighted by molar-refractivity contribution is 7.17. The smallest absolute Gasteiger partial charge is 0.236 e. The van der Waals surface area contributed by atoms with Crippen LogP contribution in [0, 0.1) is 17.1 Å². The van der Waals surface area contributed by atoms with Gasteiger partial charge in [0.1, 0.15) is 27.5 Å². The maximum absolute atomic E-state index is 13.6. The number of carbonyl (C=O) groups is 1. The number of allylic oxidation sites excluding steroid dienone is 1. The molecule has 1 unspecified atom stereocenters. The molecular weight excluding hydrogens is 614 g/mol. The number of likely N-dealkylation sites (N-methyl/N-ethyl adjacent to an activating group) is 1. The number of rotatable bonds is 8. The molecule has 3 aliphatic rings. The molecule has 0 bridgehead atoms. The number of aromatic nitrogens is 4. The van der Waals surface area contributed by atoms with Crippen LogP contribution in [0.1, 0.15) is 41.3 Å². The average Bonchev–Trinajstić information content (AvgIpc) is 3.87. The summed E-state index contributed by atoms with van der Waals surface area (Å²) in [6.07, 6.45) is 4.96. The number of morpholine rings is 1. The Kier molecular flexibility index (Phi) is 8.03. The molecule has 7 rings (SSSR count). The van der Waals surface area contributed by atoms with Crippen LogP contribution in [-0.2, 0) is 16.0 Å². The summed E-state index contributed by atoms with van der Waals surface area (Å²) < 4.78 is 20.9. The third-order valence-corrected chi connectivity index (χ3v) is 10.9. The fourth-order valence-corrected chi connectivity index (χ4v) is 8.41. The minimum Gasteiger partial charge on any atom is -0.378 e. The number of hydrogen-bond acceptors (Lipinski definition) is 11. The molecule has 2 atom stereocenters. The van der Waals surface area contributed by atoms with Gasteiger partial charge in [0.05, 0.1) is 37.5 Å². The van der Waals surface area contributed by atoms with Crippen molar-refractivity contribution in [3.63, 3.8) is 0 Å². The number of aryl methyl sites for hydroxylation is 1. The van der Waals surface area contributed by atoms with Crippen LogP contribution >= 0.6 is 22.7 Å². The van der Waals surface area contributed by atoms with Gasteiger partial charge in [-0.2, -0.15) is 14.9 Å². The van der Waals surface area contributed by atoms with Crippen molar-refractivity contribution >= 4 is 44.5 Å². The van der Waals surface area contributed by atoms with Gasteiger partial charge >= 0.3 is 0 Å². The number of nitrogens with zero attached hydrogens (tertiary/aromatic N) is 9. The average molecular weight is 648 g/mol. The summed E-state index contributed by atoms with van der Waals surface area (Å²) in [5.41, 5.74) is 3.39. The third-order valence-electron chi connectivity index (χ3n) is 8.81. The summed E-state index contributed by atoms with van der Waals surface area (Å²) in [6.45, 7) is 5.86. The second kappa shape index (κ2) is 12.1. The maximum Gasteiger partial charge on any atom is 0.236 e. The lowest BCUT2D eigenvalue weighted by Gasteiger charge is -2.34. The molecule has 11 nitrogen and oxygen atoms in total. The minimum atomic E-state index is -0.336. The topological polar surface area (TPSA) is 106 Å². The zero-order valence-electron chi connectivity index (χ0n) is 25.4. The van der Waals surface area contributed by atoms with Gasteiger partial charge in [0.15, 0.2) is 10.9 Å². The van der Waals surface area contributed by atoms with E-state index in [1.807, 2.05) is 28.4 Å². The predicted molar refractivity (Wildman–Crippen MR) is 171 cm³/mol. The number of ether oxygens (including phenoxy) is 1. The first-order valence-electron chi connectivity index (χ1n) is 15.2. The van der Waals surface area contributed by atoms with E-state index < -0.39 is 0 Å². The Balaban J connectivity index is 1.16. The molecule has 6 heterocycles. The van der Waals surface area contributed by atoms with Crippen molar-refractivity contribution in [2.24, 2.45) is 0 Å². The Labute approximate surface area is 268 Å². The van der Waals surface area contributed by atoms with E-state index in [9.17, 15) is 14.4 Å². The predicted octanol–water partition coefficient (Wildman–Crippen LogP) is 4.45. The van der Waals surface area contributed by atoms with Gasteiger partial charge in [-0.3, -0.25) is 9.69 Å². The molecule has 1 amide bonds. The van der Waals surface area contributed by atoms with Gasteiger partial charge in [0.2, 0.25) is 10.9 Å². The Morgan fingerprint density at radius 1 is 1.16 bits per heavy atom. The molecule has 3 aliphatic heterocycles. The SMILES string of the molecule is CCc1nc2sc([C@@H]3CC(N(C)CC(=O)N4CCOCC4)N4CCC=C34)nn2c1N(C)c1nc(-c2ccc(F)cc2)c(C#N)s1. The van der Waals surface area contributed by atoms with E-state index in [0.717, 1.165) is 40.9 Å². The van der Waals surface area contributed by atoms with Crippen LogP contribution in [0.3, 0.4) is 0 Å². The summed E-state index contributed by atoms with van der Waals surface area (Å²) in [5.74, 6) is 0.741. The Morgan fingerprint density at radius 2 is 1.93 bits per heavy atom. The molecule has 1 aromatic carbocycles. The number of hydrogen-bond donors (Lipinski definition) is 0. The number of thiazole rings is 1. The van der Waals surface area contributed by atoms with Crippen molar-refractivity contribution in [1.29, 1.82) is 5.26 Å². The number of nitriles is 1. The maximum atomic E-state index is 13.6. The van der Waals surface area contributed by atoms with E-state index in [0.29, 0.717) is 60.5 Å². The fraction of sp³-hybridized carbons (Fsp3) is 0.452. The molecule has 0 spiro atoms. The lowest BCUT2D eigenvalue weighted by molar-refractivity contribution is -0.137. The normalized spacial score (nSPS) is 19.8. The Bertz CT molecular complexity index is 1800. The molecule has 4 aromatic rings. The molecule has 2 saturated heterocycles. The highest BCUT2D eigenvalue weighted by atomic mass is 32.1. The zero-order valence-corrected chi connectivity index (χ0v) is 27.1. The standard InChI is InChI=1S/C31H34FN9O2S2/c1-4-22-29(38(3)30-35-27(24(17-33)44-30)19-7-9-20(32)10-8-19)41-31(34-22)45-28(36-41)21-16-25(40-11-5-6-23(21)40)37(2)18-26(42)39-12-14-43-15-13-39/h6-10,21,25H,4-5,11-16,18H2,1-3H3/t21-,25?/m1/s1. The molecule has 45 heavy (non-hydrogen) atoms. The van der Waals surface area contributed by atoms with Crippen molar-refractivity contribution in [3.8, 4) is 17.3 Å². The van der Waals surface area contributed by atoms with Crippen LogP contribution < -0.4 is 4.90 Å². The highest BCUT2D eigenvalue weighted by Crippen LogP contribution is 2.46. The van der Waals surface area contributed by atoms with Crippen molar-refractivity contribution in [2.75, 3.05) is 58.4 Å². The van der Waals surface area contributed by atoms with Crippen LogP contribution in [0.5, 0.6) is 0 Å². The van der Waals surface area contributed by atoms with Crippen LogP contribution in [0.25, 0.3) is 16.2 Å². The molecule has 14 heteroatoms. The number of amides is 1. The minimum absolute atomic E-state index is 0.114. The van der Waals surface area contributed by atoms with E-state index in [-0.39, 0.29) is 23.8 Å². The first-order valence-corrected chi connectivity index (χ1v) is 16.8. The summed E-state index contributed by atoms with van der Waals surface area (Å²) >= 11 is 2.89. The number of carbonyl (C=O) groups excluding carboxylic acids is 1. The van der Waals surface area contributed by atoms with Crippen LogP contribution in [0.15, 0.2) is 36.0 Å². The Morgan fingerprint density at radius 3 is 2.67 bits per heavy atom. The molecule has 0 aliphatic carbocycles. The van der Waals surface area contributed by atoms with Gasteiger partial charge in [-0.05, 0) is 50.6 Å². The van der Waals surface area contributed by atoms with Crippen LogP contribution in [0.4, 0.5) is 15.3 Å². The van der Waals surface area contributed by atoms with Crippen molar-refractivity contribution < 1.29 is 13.9 Å². The van der Waals surface area contributed by atoms with E-state index in [2.05, 4.69) is 28.9 Å². The fourth-order valence-electron chi connectivity index (χ4n) is 6.53. The van der Waals surface area contributed by atoms with E-state index >= 15 is 0 Å². The quantitative estimate of drug-likeness (QED) is 0.274. The zero-order chi connectivity index (χ0) is 31.2. The van der Waals surface area contributed by atoms with Crippen molar-refractivity contribution in [3.05, 3.63) is 57.4 Å². The van der Waals surface area contributed by atoms with E-state index in [1.54, 1.807) is 23.5 Å². The number of halogens is 1. The highest BCUT2D eigenvalue weighted by Gasteiger charge is 2.43. The monoisotopic (exact) mass is 647 g/mol. The molecule has 0 N–H and O–H groups in total. The molecule has 0 radical (unpaired) electrons. The second-order valence-electron chi connectivity index (χ2n) is 11.5. The first kappa shape index (κ1) is 29.8. The summed E-state index contributed by atoms with van der Waals surface area (Å²) in [7, 11) is 3.96. The Hall–Kier alpha value is -3.90. The van der Waals surface area contributed by atoms with Crippen LogP contribution in [0.2, 0.25) is 0 Å². The lowest BCUT2D eigenvalue weighted by atomic mass is 10.1. The van der Waals surface area contributed by atoms with Gasteiger partial charge in [-0.15, -0.1) is 0 Å². The van der Waals surface area contributed by atoms with Crippen molar-refractivity contribution in [1.82, 2.24) is 34.3 Å². The van der Waals surface area contributed by atoms with Gasteiger partial charge in [-0.1, -0.05) is 35.7 Å². The van der Waals surface area contributed by atoms with E-state index in [1.165, 1.54) is 29.2 Å². The molecule has 234 valence electrons. The van der Waals surface area contributed by atoms with Gasteiger partial charge in [-0.25, -0.2) is 14.4 Å². The molecule has 2 fully saturated rings. The molecule has 0 saturated carbocycles. The second-order valence-corrected chi connectivity index (χ2v) is 13.5. The number of fused-ring (bicyclic) bond motifs is 2. The summed E-state index contributed by atoms with van der Waals surface area (Å²) in [5, 5.41) is 16.6. The molecular formula is C31H34FN9O2S2. The van der Waals surface area contributed by atoms with E-state index in [4.69, 9.17) is 19.8 Å². The van der Waals surface area contributed by atoms with Crippen molar-refractivity contribution in [2.45, 2.75) is 38.3 Å². The number of imidazole rings is 1. The summed E-state index contributed by atoms with van der Waals surface area (Å²) in [4.78, 5) is 32.5.